The van der Waals surface area contributed by atoms with Crippen molar-refractivity contribution in [3.05, 3.63) is 105 Å². The number of aryl methyl sites for hydroxylation is 1. The first-order chi connectivity index (χ1) is 16.8. The number of nitrogens with one attached hydrogen (secondary N) is 1. The molecule has 1 unspecified atom stereocenters. The monoisotopic (exact) mass is 492 g/mol. The number of benzene rings is 3. The van der Waals surface area contributed by atoms with Crippen LogP contribution >= 0.6 is 11.6 Å². The zero-order valence-corrected chi connectivity index (χ0v) is 19.8. The number of pyridine rings is 1. The van der Waals surface area contributed by atoms with Crippen molar-refractivity contribution >= 4 is 34.4 Å². The maximum Gasteiger partial charge on any atom is 0.328 e. The maximum absolute atomic E-state index is 14.1. The van der Waals surface area contributed by atoms with Gasteiger partial charge in [0.2, 0.25) is 0 Å². The number of carbonyl (C=O) groups is 2. The molecule has 4 aromatic rings. The van der Waals surface area contributed by atoms with Gasteiger partial charge in [-0.3, -0.25) is 9.59 Å². The molecule has 8 heteroatoms. The van der Waals surface area contributed by atoms with E-state index in [2.05, 4.69) is 5.32 Å². The van der Waals surface area contributed by atoms with E-state index in [1.807, 2.05) is 30.3 Å². The summed E-state index contributed by atoms with van der Waals surface area (Å²) in [7, 11) is 2.93. The lowest BCUT2D eigenvalue weighted by atomic mass is 10.00. The predicted octanol–water partition coefficient (Wildman–Crippen LogP) is 4.51. The van der Waals surface area contributed by atoms with E-state index in [9.17, 15) is 18.8 Å². The highest BCUT2D eigenvalue weighted by Crippen LogP contribution is 2.22. The van der Waals surface area contributed by atoms with Gasteiger partial charge in [-0.2, -0.15) is 0 Å². The fraction of sp³-hybridized carbons (Fsp3) is 0.148. The molecule has 0 bridgehead atoms. The predicted molar refractivity (Wildman–Crippen MR) is 133 cm³/mol. The Kier molecular flexibility index (Phi) is 6.98. The molecular weight excluding hydrogens is 471 g/mol. The zero-order chi connectivity index (χ0) is 25.1. The molecule has 3 aromatic carbocycles. The summed E-state index contributed by atoms with van der Waals surface area (Å²) in [6.45, 7) is 0. The Morgan fingerprint density at radius 2 is 1.77 bits per heavy atom. The van der Waals surface area contributed by atoms with E-state index in [0.29, 0.717) is 11.1 Å². The Morgan fingerprint density at radius 3 is 2.46 bits per heavy atom. The van der Waals surface area contributed by atoms with Crippen LogP contribution in [-0.2, 0) is 23.0 Å². The lowest BCUT2D eigenvalue weighted by Gasteiger charge is -2.17. The van der Waals surface area contributed by atoms with Crippen molar-refractivity contribution in [3.63, 3.8) is 0 Å². The third kappa shape index (κ3) is 4.95. The molecule has 0 saturated heterocycles. The molecule has 0 aliphatic heterocycles. The molecule has 1 amide bonds. The van der Waals surface area contributed by atoms with Crippen molar-refractivity contribution in [1.82, 2.24) is 9.88 Å². The molecule has 0 radical (unpaired) electrons. The number of aromatic nitrogens is 1. The molecular formula is C27H22ClFN2O4. The van der Waals surface area contributed by atoms with Gasteiger partial charge in [-0.25, -0.2) is 9.18 Å². The Morgan fingerprint density at radius 1 is 1.06 bits per heavy atom. The van der Waals surface area contributed by atoms with Crippen molar-refractivity contribution in [2.45, 2.75) is 12.5 Å². The first-order valence-corrected chi connectivity index (χ1v) is 11.2. The number of carbonyl (C=O) groups excluding carboxylic acids is 2. The van der Waals surface area contributed by atoms with Crippen molar-refractivity contribution in [2.24, 2.45) is 7.05 Å². The van der Waals surface area contributed by atoms with E-state index in [4.69, 9.17) is 16.3 Å². The van der Waals surface area contributed by atoms with Gasteiger partial charge in [-0.15, -0.1) is 0 Å². The SMILES string of the molecule is COC(=O)C(Cc1ccc(-c2cc3ccccc3n(C)c2=O)cc1)NC(=O)c1c(F)cccc1Cl. The average Bonchev–Trinajstić information content (AvgIpc) is 2.86. The summed E-state index contributed by atoms with van der Waals surface area (Å²) in [5, 5.41) is 3.38. The summed E-state index contributed by atoms with van der Waals surface area (Å²) >= 11 is 5.97. The number of ether oxygens (including phenoxy) is 1. The van der Waals surface area contributed by atoms with Crippen molar-refractivity contribution in [1.29, 1.82) is 0 Å². The topological polar surface area (TPSA) is 77.4 Å². The first-order valence-electron chi connectivity index (χ1n) is 10.8. The number of nitrogens with zero attached hydrogens (tertiary/aromatic N) is 1. The summed E-state index contributed by atoms with van der Waals surface area (Å²) in [5.41, 5.74) is 2.34. The standard InChI is InChI=1S/C27H22ClFN2O4/c1-31-23-9-4-3-6-18(23)15-19(26(31)33)17-12-10-16(11-13-17)14-22(27(34)35-2)30-25(32)24-20(28)7-5-8-21(24)29/h3-13,15,22H,14H2,1-2H3,(H,30,32). The van der Waals surface area contributed by atoms with Crippen LogP contribution < -0.4 is 10.9 Å². The normalized spacial score (nSPS) is 11.8. The minimum atomic E-state index is -1.07. The Hall–Kier alpha value is -3.97. The van der Waals surface area contributed by atoms with Gasteiger partial charge in [0.25, 0.3) is 11.5 Å². The summed E-state index contributed by atoms with van der Waals surface area (Å²) in [5.74, 6) is -2.29. The molecule has 4 rings (SSSR count). The highest BCUT2D eigenvalue weighted by atomic mass is 35.5. The molecule has 0 aliphatic carbocycles. The molecule has 35 heavy (non-hydrogen) atoms. The number of halogens is 2. The molecule has 1 atom stereocenters. The summed E-state index contributed by atoms with van der Waals surface area (Å²) < 4.78 is 20.6. The second kappa shape index (κ2) is 10.1. The van der Waals surface area contributed by atoms with E-state index < -0.39 is 23.7 Å². The number of esters is 1. The maximum atomic E-state index is 14.1. The summed E-state index contributed by atoms with van der Waals surface area (Å²) in [6.07, 6.45) is 0.0977. The lowest BCUT2D eigenvalue weighted by Crippen LogP contribution is -2.43. The summed E-state index contributed by atoms with van der Waals surface area (Å²) in [6, 6.07) is 19.4. The van der Waals surface area contributed by atoms with Crippen LogP contribution in [0, 0.1) is 5.82 Å². The third-order valence-corrected chi connectivity index (χ3v) is 6.13. The van der Waals surface area contributed by atoms with Gasteiger partial charge < -0.3 is 14.6 Å². The van der Waals surface area contributed by atoms with Gasteiger partial charge in [0.05, 0.1) is 23.2 Å². The minimum Gasteiger partial charge on any atom is -0.467 e. The van der Waals surface area contributed by atoms with E-state index in [0.717, 1.165) is 22.5 Å². The van der Waals surface area contributed by atoms with Crippen LogP contribution in [0.4, 0.5) is 4.39 Å². The Balaban J connectivity index is 1.59. The first kappa shape index (κ1) is 24.2. The fourth-order valence-electron chi connectivity index (χ4n) is 3.97. The summed E-state index contributed by atoms with van der Waals surface area (Å²) in [4.78, 5) is 37.9. The lowest BCUT2D eigenvalue weighted by molar-refractivity contribution is -0.142. The molecule has 178 valence electrons. The number of methoxy groups -OCH3 is 1. The number of hydrogen-bond donors (Lipinski definition) is 1. The molecule has 0 fully saturated rings. The van der Waals surface area contributed by atoms with Crippen molar-refractivity contribution < 1.29 is 18.7 Å². The number of rotatable bonds is 6. The highest BCUT2D eigenvalue weighted by Gasteiger charge is 2.25. The average molecular weight is 493 g/mol. The van der Waals surface area contributed by atoms with Crippen molar-refractivity contribution in [3.8, 4) is 11.1 Å². The molecule has 1 N–H and O–H groups in total. The largest absolute Gasteiger partial charge is 0.467 e. The van der Waals surface area contributed by atoms with E-state index in [1.165, 1.54) is 19.2 Å². The van der Waals surface area contributed by atoms with E-state index in [1.54, 1.807) is 35.9 Å². The van der Waals surface area contributed by atoms with Crippen LogP contribution in [0.3, 0.4) is 0 Å². The van der Waals surface area contributed by atoms with Gasteiger partial charge in [0, 0.05) is 19.0 Å². The van der Waals surface area contributed by atoms with Crippen molar-refractivity contribution in [2.75, 3.05) is 7.11 Å². The molecule has 1 aromatic heterocycles. The fourth-order valence-corrected chi connectivity index (χ4v) is 4.21. The van der Waals surface area contributed by atoms with Crippen LogP contribution in [0.5, 0.6) is 0 Å². The van der Waals surface area contributed by atoms with Crippen LogP contribution in [0.25, 0.3) is 22.0 Å². The quantitative estimate of drug-likeness (QED) is 0.402. The van der Waals surface area contributed by atoms with Crippen LogP contribution in [-0.4, -0.2) is 29.6 Å². The Labute approximate surface area is 205 Å². The number of fused-ring (bicyclic) bond motifs is 1. The number of amides is 1. The van der Waals surface area contributed by atoms with Gasteiger partial charge in [-0.1, -0.05) is 60.1 Å². The van der Waals surface area contributed by atoms with Gasteiger partial charge in [0.1, 0.15) is 11.9 Å². The highest BCUT2D eigenvalue weighted by molar-refractivity contribution is 6.33. The number of para-hydroxylation sites is 1. The third-order valence-electron chi connectivity index (χ3n) is 5.82. The molecule has 6 nitrogen and oxygen atoms in total. The van der Waals surface area contributed by atoms with Crippen LogP contribution in [0.1, 0.15) is 15.9 Å². The van der Waals surface area contributed by atoms with E-state index >= 15 is 0 Å². The molecule has 0 saturated carbocycles. The molecule has 0 aliphatic rings. The Bertz CT molecular complexity index is 1460. The minimum absolute atomic E-state index is 0.0626. The van der Waals surface area contributed by atoms with Gasteiger partial charge >= 0.3 is 5.97 Å². The van der Waals surface area contributed by atoms with Gasteiger partial charge in [0.15, 0.2) is 0 Å². The van der Waals surface area contributed by atoms with Gasteiger partial charge in [-0.05, 0) is 40.8 Å². The second-order valence-electron chi connectivity index (χ2n) is 8.03. The molecule has 0 spiro atoms. The molecule has 1 heterocycles. The zero-order valence-electron chi connectivity index (χ0n) is 19.0. The van der Waals surface area contributed by atoms with Crippen LogP contribution in [0.2, 0.25) is 5.02 Å². The van der Waals surface area contributed by atoms with E-state index in [-0.39, 0.29) is 22.6 Å². The van der Waals surface area contributed by atoms with Crippen LogP contribution in [0.15, 0.2) is 77.6 Å². The second-order valence-corrected chi connectivity index (χ2v) is 8.44. The smallest absolute Gasteiger partial charge is 0.328 e. The number of hydrogen-bond acceptors (Lipinski definition) is 4.